The van der Waals surface area contributed by atoms with Gasteiger partial charge in [0.05, 0.1) is 30.6 Å². The van der Waals surface area contributed by atoms with Crippen LogP contribution in [0, 0.1) is 5.92 Å². The molecule has 1 aromatic rings. The zero-order chi connectivity index (χ0) is 10.8. The topological polar surface area (TPSA) is 52.1 Å². The van der Waals surface area contributed by atoms with Crippen molar-refractivity contribution in [2.24, 2.45) is 5.92 Å². The van der Waals surface area contributed by atoms with Crippen molar-refractivity contribution in [1.82, 2.24) is 9.97 Å². The molecule has 4 nitrogen and oxygen atoms in total. The minimum Gasteiger partial charge on any atom is -0.466 e. The first-order chi connectivity index (χ1) is 7.22. The second kappa shape index (κ2) is 4.14. The molecular weight excluding hydrogens is 216 g/mol. The molecule has 0 spiro atoms. The van der Waals surface area contributed by atoms with E-state index in [1.54, 1.807) is 13.1 Å². The van der Waals surface area contributed by atoms with Crippen LogP contribution < -0.4 is 0 Å². The van der Waals surface area contributed by atoms with Gasteiger partial charge in [-0.1, -0.05) is 11.6 Å². The second-order valence-corrected chi connectivity index (χ2v) is 3.85. The predicted molar refractivity (Wildman–Crippen MR) is 54.5 cm³/mol. The third-order valence-corrected chi connectivity index (χ3v) is 2.60. The van der Waals surface area contributed by atoms with Crippen molar-refractivity contribution in [1.29, 1.82) is 0 Å². The summed E-state index contributed by atoms with van der Waals surface area (Å²) in [6, 6.07) is 0. The quantitative estimate of drug-likeness (QED) is 0.738. The Morgan fingerprint density at radius 3 is 3.00 bits per heavy atom. The van der Waals surface area contributed by atoms with E-state index in [1.807, 2.05) is 0 Å². The van der Waals surface area contributed by atoms with Gasteiger partial charge in [0, 0.05) is 5.92 Å². The molecule has 1 fully saturated rings. The molecule has 0 bridgehead atoms. The summed E-state index contributed by atoms with van der Waals surface area (Å²) in [5, 5.41) is 0.368. The molecule has 2 atom stereocenters. The minimum absolute atomic E-state index is 0.0413. The Morgan fingerprint density at radius 1 is 1.60 bits per heavy atom. The molecule has 1 aromatic heterocycles. The maximum atomic E-state index is 11.4. The fourth-order valence-electron chi connectivity index (χ4n) is 1.55. The monoisotopic (exact) mass is 226 g/mol. The molecule has 15 heavy (non-hydrogen) atoms. The average Bonchev–Trinajstić information content (AvgIpc) is 2.99. The van der Waals surface area contributed by atoms with E-state index in [-0.39, 0.29) is 17.8 Å². The van der Waals surface area contributed by atoms with Crippen molar-refractivity contribution in [2.75, 3.05) is 6.61 Å². The highest BCUT2D eigenvalue weighted by molar-refractivity contribution is 6.29. The van der Waals surface area contributed by atoms with Crippen LogP contribution in [0.5, 0.6) is 0 Å². The van der Waals surface area contributed by atoms with Gasteiger partial charge in [0.15, 0.2) is 0 Å². The van der Waals surface area contributed by atoms with Crippen LogP contribution in [-0.4, -0.2) is 22.5 Å². The minimum atomic E-state index is -0.140. The SMILES string of the molecule is CCOC(=O)[C@H]1C[C@@H]1c1cnc(Cl)cn1. The fraction of sp³-hybridized carbons (Fsp3) is 0.500. The highest BCUT2D eigenvalue weighted by atomic mass is 35.5. The van der Waals surface area contributed by atoms with E-state index in [0.29, 0.717) is 11.8 Å². The zero-order valence-corrected chi connectivity index (χ0v) is 9.07. The highest BCUT2D eigenvalue weighted by Gasteiger charge is 2.46. The van der Waals surface area contributed by atoms with E-state index < -0.39 is 0 Å². The Morgan fingerprint density at radius 2 is 2.40 bits per heavy atom. The van der Waals surface area contributed by atoms with E-state index in [1.165, 1.54) is 6.20 Å². The second-order valence-electron chi connectivity index (χ2n) is 3.46. The number of ether oxygens (including phenoxy) is 1. The largest absolute Gasteiger partial charge is 0.466 e. The Bertz CT molecular complexity index is 366. The van der Waals surface area contributed by atoms with Gasteiger partial charge in [0.1, 0.15) is 5.15 Å². The molecule has 5 heteroatoms. The van der Waals surface area contributed by atoms with E-state index in [4.69, 9.17) is 16.3 Å². The normalized spacial score (nSPS) is 23.6. The molecule has 0 N–H and O–H groups in total. The van der Waals surface area contributed by atoms with Crippen molar-refractivity contribution < 1.29 is 9.53 Å². The van der Waals surface area contributed by atoms with Gasteiger partial charge in [-0.25, -0.2) is 4.98 Å². The van der Waals surface area contributed by atoms with Gasteiger partial charge in [0.25, 0.3) is 0 Å². The molecule has 80 valence electrons. The van der Waals surface area contributed by atoms with Crippen LogP contribution in [-0.2, 0) is 9.53 Å². The lowest BCUT2D eigenvalue weighted by atomic mass is 10.2. The van der Waals surface area contributed by atoms with Crippen LogP contribution in [0.2, 0.25) is 5.15 Å². The molecule has 1 saturated carbocycles. The molecule has 1 aliphatic rings. The number of carbonyl (C=O) groups is 1. The van der Waals surface area contributed by atoms with E-state index in [2.05, 4.69) is 9.97 Å². The standard InChI is InChI=1S/C10H11ClN2O2/c1-2-15-10(14)7-3-6(7)8-4-13-9(11)5-12-8/h4-7H,2-3H2,1H3/t6-,7-/m0/s1. The molecule has 0 unspecified atom stereocenters. The van der Waals surface area contributed by atoms with Crippen molar-refractivity contribution >= 4 is 17.6 Å². The molecule has 0 amide bonds. The summed E-state index contributed by atoms with van der Waals surface area (Å²) in [4.78, 5) is 19.4. The summed E-state index contributed by atoms with van der Waals surface area (Å²) in [6.45, 7) is 2.23. The Balaban J connectivity index is 1.98. The lowest BCUT2D eigenvalue weighted by Gasteiger charge is -2.00. The molecule has 0 aromatic carbocycles. The highest BCUT2D eigenvalue weighted by Crippen LogP contribution is 2.47. The van der Waals surface area contributed by atoms with Crippen molar-refractivity contribution in [3.05, 3.63) is 23.2 Å². The average molecular weight is 227 g/mol. The third kappa shape index (κ3) is 2.26. The van der Waals surface area contributed by atoms with Gasteiger partial charge >= 0.3 is 5.97 Å². The Kier molecular flexibility index (Phi) is 2.86. The van der Waals surface area contributed by atoms with E-state index >= 15 is 0 Å². The summed E-state index contributed by atoms with van der Waals surface area (Å²) < 4.78 is 4.93. The summed E-state index contributed by atoms with van der Waals surface area (Å²) in [7, 11) is 0. The number of esters is 1. The van der Waals surface area contributed by atoms with Crippen molar-refractivity contribution in [2.45, 2.75) is 19.3 Å². The molecule has 1 aliphatic carbocycles. The fourth-order valence-corrected chi connectivity index (χ4v) is 1.64. The molecule has 2 rings (SSSR count). The number of rotatable bonds is 3. The first-order valence-electron chi connectivity index (χ1n) is 4.86. The summed E-state index contributed by atoms with van der Waals surface area (Å²) in [5.41, 5.74) is 0.817. The number of aromatic nitrogens is 2. The number of nitrogens with zero attached hydrogens (tertiary/aromatic N) is 2. The predicted octanol–water partition coefficient (Wildman–Crippen LogP) is 1.80. The van der Waals surface area contributed by atoms with Gasteiger partial charge in [0.2, 0.25) is 0 Å². The first kappa shape index (κ1) is 10.4. The number of carbonyl (C=O) groups excluding carboxylic acids is 1. The Labute approximate surface area is 92.6 Å². The molecule has 0 radical (unpaired) electrons. The van der Waals surface area contributed by atoms with Crippen molar-refractivity contribution in [3.8, 4) is 0 Å². The Hall–Kier alpha value is -1.16. The zero-order valence-electron chi connectivity index (χ0n) is 8.31. The molecule has 0 saturated heterocycles. The molecular formula is C10H11ClN2O2. The third-order valence-electron chi connectivity index (χ3n) is 2.40. The smallest absolute Gasteiger partial charge is 0.309 e. The van der Waals surface area contributed by atoms with Gasteiger partial charge in [-0.05, 0) is 13.3 Å². The molecule has 0 aliphatic heterocycles. The summed E-state index contributed by atoms with van der Waals surface area (Å²) in [6.07, 6.45) is 3.92. The van der Waals surface area contributed by atoms with Gasteiger partial charge in [-0.15, -0.1) is 0 Å². The number of hydrogen-bond donors (Lipinski definition) is 0. The maximum absolute atomic E-state index is 11.4. The van der Waals surface area contributed by atoms with Crippen LogP contribution in [0.25, 0.3) is 0 Å². The summed E-state index contributed by atoms with van der Waals surface area (Å²) >= 11 is 5.62. The van der Waals surface area contributed by atoms with Gasteiger partial charge < -0.3 is 4.74 Å². The molecule has 1 heterocycles. The lowest BCUT2D eigenvalue weighted by molar-refractivity contribution is -0.144. The van der Waals surface area contributed by atoms with Crippen LogP contribution in [0.15, 0.2) is 12.4 Å². The lowest BCUT2D eigenvalue weighted by Crippen LogP contribution is -2.07. The number of halogens is 1. The maximum Gasteiger partial charge on any atom is 0.309 e. The van der Waals surface area contributed by atoms with Crippen molar-refractivity contribution in [3.63, 3.8) is 0 Å². The van der Waals surface area contributed by atoms with E-state index in [9.17, 15) is 4.79 Å². The van der Waals surface area contributed by atoms with Gasteiger partial charge in [-0.2, -0.15) is 0 Å². The first-order valence-corrected chi connectivity index (χ1v) is 5.24. The van der Waals surface area contributed by atoms with Crippen LogP contribution in [0.1, 0.15) is 25.0 Å². The van der Waals surface area contributed by atoms with Crippen LogP contribution in [0.4, 0.5) is 0 Å². The van der Waals surface area contributed by atoms with Gasteiger partial charge in [-0.3, -0.25) is 9.78 Å². The van der Waals surface area contributed by atoms with E-state index in [0.717, 1.165) is 12.1 Å². The summed E-state index contributed by atoms with van der Waals surface area (Å²) in [5.74, 6) is -0.0199. The van der Waals surface area contributed by atoms with Crippen LogP contribution in [0.3, 0.4) is 0 Å². The van der Waals surface area contributed by atoms with Crippen LogP contribution >= 0.6 is 11.6 Å². The number of hydrogen-bond acceptors (Lipinski definition) is 4.